The van der Waals surface area contributed by atoms with Crippen LogP contribution < -0.4 is 0 Å². The van der Waals surface area contributed by atoms with Gasteiger partial charge in [0.25, 0.3) is 0 Å². The van der Waals surface area contributed by atoms with E-state index < -0.39 is 11.7 Å². The van der Waals surface area contributed by atoms with Gasteiger partial charge in [0.05, 0.1) is 18.3 Å². The number of hydrogen-bond acceptors (Lipinski definition) is 5. The molecule has 5 heteroatoms. The van der Waals surface area contributed by atoms with Crippen LogP contribution in [0.1, 0.15) is 78.6 Å². The van der Waals surface area contributed by atoms with Crippen LogP contribution in [0.3, 0.4) is 0 Å². The first-order valence-electron chi connectivity index (χ1n) is 18.5. The summed E-state index contributed by atoms with van der Waals surface area (Å²) in [5, 5.41) is 11.7. The SMILES string of the molecule is CC12C=CC(=O)C=C1CCC1C2C(O)CC2(C)C(OC(=O)c3ccc(COC(c4ccccc4)(c4ccccc4)c4ccccc4)cc3)CCC12. The summed E-state index contributed by atoms with van der Waals surface area (Å²) >= 11 is 0. The lowest BCUT2D eigenvalue weighted by atomic mass is 9.47. The van der Waals surface area contributed by atoms with Crippen LogP contribution in [0.25, 0.3) is 0 Å². The van der Waals surface area contributed by atoms with Gasteiger partial charge in [-0.15, -0.1) is 0 Å². The molecule has 0 bridgehead atoms. The number of rotatable bonds is 8. The largest absolute Gasteiger partial charge is 0.458 e. The van der Waals surface area contributed by atoms with Crippen molar-refractivity contribution in [2.24, 2.45) is 28.6 Å². The second-order valence-electron chi connectivity index (χ2n) is 15.5. The minimum atomic E-state index is -0.836. The summed E-state index contributed by atoms with van der Waals surface area (Å²) in [7, 11) is 0. The number of aliphatic hydroxyl groups is 1. The van der Waals surface area contributed by atoms with Crippen LogP contribution in [0.15, 0.2) is 139 Å². The van der Waals surface area contributed by atoms with Crippen molar-refractivity contribution in [3.8, 4) is 0 Å². The van der Waals surface area contributed by atoms with Crippen molar-refractivity contribution in [3.05, 3.63) is 167 Å². The molecule has 0 aliphatic heterocycles. The normalized spacial score (nSPS) is 29.7. The number of ether oxygens (including phenoxy) is 2. The average molecular weight is 679 g/mol. The molecule has 4 aromatic rings. The fourth-order valence-electron chi connectivity index (χ4n) is 10.4. The molecule has 4 aliphatic rings. The molecule has 4 aliphatic carbocycles. The van der Waals surface area contributed by atoms with E-state index in [-0.39, 0.29) is 34.6 Å². The van der Waals surface area contributed by atoms with E-state index in [0.717, 1.165) is 53.5 Å². The van der Waals surface area contributed by atoms with Gasteiger partial charge < -0.3 is 14.6 Å². The highest BCUT2D eigenvalue weighted by molar-refractivity contribution is 6.01. The molecular formula is C46H46O5. The van der Waals surface area contributed by atoms with E-state index in [1.54, 1.807) is 12.2 Å². The highest BCUT2D eigenvalue weighted by atomic mass is 16.5. The molecule has 3 saturated carbocycles. The molecular weight excluding hydrogens is 633 g/mol. The summed E-state index contributed by atoms with van der Waals surface area (Å²) in [6.07, 6.45) is 8.90. The van der Waals surface area contributed by atoms with E-state index in [0.29, 0.717) is 30.4 Å². The molecule has 0 aromatic heterocycles. The molecule has 0 saturated heterocycles. The molecule has 0 amide bonds. The van der Waals surface area contributed by atoms with Gasteiger partial charge in [0, 0.05) is 16.7 Å². The third-order valence-electron chi connectivity index (χ3n) is 12.8. The van der Waals surface area contributed by atoms with Crippen molar-refractivity contribution in [2.45, 2.75) is 70.4 Å². The molecule has 0 heterocycles. The fourth-order valence-corrected chi connectivity index (χ4v) is 10.4. The van der Waals surface area contributed by atoms with E-state index in [1.165, 1.54) is 0 Å². The standard InChI is InChI=1S/C46H46O5/c1-44-27-26-37(47)28-36(44)22-23-38-39-24-25-41(45(39,2)29-40(48)42(38)44)51-43(49)32-20-18-31(19-21-32)30-50-46(33-12-6-3-7-13-33,34-14-8-4-9-15-34)35-16-10-5-11-17-35/h3-21,26-28,38-42,48H,22-25,29-30H2,1-2H3. The first-order chi connectivity index (χ1) is 24.7. The molecule has 8 rings (SSSR count). The molecule has 0 radical (unpaired) electrons. The highest BCUT2D eigenvalue weighted by Gasteiger charge is 2.62. The minimum absolute atomic E-state index is 0.0455. The summed E-state index contributed by atoms with van der Waals surface area (Å²) < 4.78 is 13.3. The van der Waals surface area contributed by atoms with Crippen molar-refractivity contribution >= 4 is 11.8 Å². The maximum atomic E-state index is 13.7. The van der Waals surface area contributed by atoms with Crippen LogP contribution in [0.4, 0.5) is 0 Å². The predicted molar refractivity (Wildman–Crippen MR) is 198 cm³/mol. The third kappa shape index (κ3) is 5.71. The van der Waals surface area contributed by atoms with Crippen LogP contribution in [-0.2, 0) is 26.5 Å². The Morgan fingerprint density at radius 3 is 1.98 bits per heavy atom. The van der Waals surface area contributed by atoms with Gasteiger partial charge in [0.2, 0.25) is 0 Å². The summed E-state index contributed by atoms with van der Waals surface area (Å²) in [5.74, 6) is 0.452. The highest BCUT2D eigenvalue weighted by Crippen LogP contribution is 2.65. The maximum absolute atomic E-state index is 13.7. The van der Waals surface area contributed by atoms with E-state index in [4.69, 9.17) is 9.47 Å². The van der Waals surface area contributed by atoms with E-state index in [1.807, 2.05) is 84.9 Å². The van der Waals surface area contributed by atoms with Crippen molar-refractivity contribution < 1.29 is 24.2 Å². The molecule has 7 unspecified atom stereocenters. The Hall–Kier alpha value is -4.58. The molecule has 1 N–H and O–H groups in total. The Kier molecular flexibility index (Phi) is 8.68. The van der Waals surface area contributed by atoms with E-state index in [2.05, 4.69) is 50.2 Å². The van der Waals surface area contributed by atoms with Crippen LogP contribution in [-0.4, -0.2) is 29.1 Å². The second kappa shape index (κ2) is 13.2. The Morgan fingerprint density at radius 2 is 1.39 bits per heavy atom. The fraction of sp³-hybridized carbons (Fsp3) is 0.348. The Bertz CT molecular complexity index is 1850. The summed E-state index contributed by atoms with van der Waals surface area (Å²) in [5.41, 5.74) is 4.28. The number of aliphatic hydroxyl groups excluding tert-OH is 1. The predicted octanol–water partition coefficient (Wildman–Crippen LogP) is 9.00. The van der Waals surface area contributed by atoms with Crippen molar-refractivity contribution in [1.29, 1.82) is 0 Å². The zero-order valence-electron chi connectivity index (χ0n) is 29.4. The van der Waals surface area contributed by atoms with E-state index in [9.17, 15) is 14.7 Å². The van der Waals surface area contributed by atoms with Gasteiger partial charge in [-0.1, -0.05) is 129 Å². The first kappa shape index (κ1) is 33.6. The Balaban J connectivity index is 0.990. The average Bonchev–Trinajstić information content (AvgIpc) is 3.48. The van der Waals surface area contributed by atoms with Gasteiger partial charge in [0.15, 0.2) is 5.78 Å². The van der Waals surface area contributed by atoms with E-state index >= 15 is 0 Å². The van der Waals surface area contributed by atoms with Gasteiger partial charge >= 0.3 is 5.97 Å². The van der Waals surface area contributed by atoms with Gasteiger partial charge in [-0.2, -0.15) is 0 Å². The number of carbonyl (C=O) groups is 2. The number of carbonyl (C=O) groups excluding carboxylic acids is 2. The minimum Gasteiger partial charge on any atom is -0.458 e. The monoisotopic (exact) mass is 678 g/mol. The lowest BCUT2D eigenvalue weighted by Crippen LogP contribution is -2.56. The van der Waals surface area contributed by atoms with Crippen LogP contribution in [0.2, 0.25) is 0 Å². The molecule has 0 spiro atoms. The molecule has 3 fully saturated rings. The topological polar surface area (TPSA) is 72.8 Å². The third-order valence-corrected chi connectivity index (χ3v) is 12.8. The van der Waals surface area contributed by atoms with Gasteiger partial charge in [-0.3, -0.25) is 4.79 Å². The van der Waals surface area contributed by atoms with Crippen molar-refractivity contribution in [3.63, 3.8) is 0 Å². The van der Waals surface area contributed by atoms with Crippen molar-refractivity contribution in [1.82, 2.24) is 0 Å². The zero-order chi connectivity index (χ0) is 35.2. The van der Waals surface area contributed by atoms with Crippen LogP contribution >= 0.6 is 0 Å². The number of allylic oxidation sites excluding steroid dienone is 4. The zero-order valence-corrected chi connectivity index (χ0v) is 29.4. The lowest BCUT2D eigenvalue weighted by Gasteiger charge is -2.58. The Labute approximate surface area is 301 Å². The number of esters is 1. The van der Waals surface area contributed by atoms with Crippen molar-refractivity contribution in [2.75, 3.05) is 0 Å². The first-order valence-corrected chi connectivity index (χ1v) is 18.5. The molecule has 5 nitrogen and oxygen atoms in total. The van der Waals surface area contributed by atoms with Crippen LogP contribution in [0, 0.1) is 28.6 Å². The summed E-state index contributed by atoms with van der Waals surface area (Å²) in [4.78, 5) is 25.8. The molecule has 51 heavy (non-hydrogen) atoms. The maximum Gasteiger partial charge on any atom is 0.338 e. The number of hydrogen-bond donors (Lipinski definition) is 1. The smallest absolute Gasteiger partial charge is 0.338 e. The van der Waals surface area contributed by atoms with Gasteiger partial charge in [0.1, 0.15) is 11.7 Å². The number of ketones is 1. The molecule has 7 atom stereocenters. The summed E-state index contributed by atoms with van der Waals surface area (Å²) in [6.45, 7) is 4.74. The Morgan fingerprint density at radius 1 is 0.804 bits per heavy atom. The second-order valence-corrected chi connectivity index (χ2v) is 15.5. The molecule has 4 aromatic carbocycles. The lowest BCUT2D eigenvalue weighted by molar-refractivity contribution is -0.131. The van der Waals surface area contributed by atoms with Gasteiger partial charge in [-0.25, -0.2) is 4.79 Å². The quantitative estimate of drug-likeness (QED) is 0.149. The van der Waals surface area contributed by atoms with Crippen LogP contribution in [0.5, 0.6) is 0 Å². The molecule has 260 valence electrons. The van der Waals surface area contributed by atoms with Gasteiger partial charge in [-0.05, 0) is 90.5 Å². The number of benzene rings is 4. The summed E-state index contributed by atoms with van der Waals surface area (Å²) in [6, 6.07) is 38.5. The number of fused-ring (bicyclic) bond motifs is 5.